The summed E-state index contributed by atoms with van der Waals surface area (Å²) in [5.74, 6) is 0. The standard InChI is InChI=1S/C54H35NO/c1-2-14-36(15-3-1)37-30-32-38(33-31-37)41-20-10-21-42(34-41)55(50-27-12-19-40-17-5-7-23-44(40)50)51-28-13-29-52-53(51)49-35-48(46-24-8-9-25-47(46)54(49)56-52)45-26-11-18-39-16-4-6-22-43(39)45/h1-35H. The lowest BCUT2D eigenvalue weighted by Gasteiger charge is -2.28. The monoisotopic (exact) mass is 713 g/mol. The molecule has 11 rings (SSSR count). The number of anilines is 3. The summed E-state index contributed by atoms with van der Waals surface area (Å²) < 4.78 is 6.91. The molecule has 0 fully saturated rings. The van der Waals surface area contributed by atoms with Crippen LogP contribution >= 0.6 is 0 Å². The van der Waals surface area contributed by atoms with Crippen LogP contribution < -0.4 is 4.90 Å². The molecule has 0 radical (unpaired) electrons. The van der Waals surface area contributed by atoms with Crippen molar-refractivity contribution in [3.8, 4) is 33.4 Å². The third-order valence-corrected chi connectivity index (χ3v) is 11.2. The van der Waals surface area contributed by atoms with Gasteiger partial charge in [-0.25, -0.2) is 0 Å². The molecule has 0 aliphatic carbocycles. The second kappa shape index (κ2) is 13.2. The van der Waals surface area contributed by atoms with Gasteiger partial charge in [0, 0.05) is 21.8 Å². The van der Waals surface area contributed by atoms with Crippen LogP contribution in [-0.2, 0) is 0 Å². The number of rotatable bonds is 6. The Kier molecular flexibility index (Phi) is 7.53. The Labute approximate surface area is 325 Å². The van der Waals surface area contributed by atoms with Crippen molar-refractivity contribution in [3.63, 3.8) is 0 Å². The minimum absolute atomic E-state index is 0.857. The largest absolute Gasteiger partial charge is 0.455 e. The van der Waals surface area contributed by atoms with E-state index in [0.717, 1.165) is 50.0 Å². The van der Waals surface area contributed by atoms with Crippen molar-refractivity contribution in [2.75, 3.05) is 4.90 Å². The SMILES string of the molecule is c1ccc(-c2ccc(-c3cccc(N(c4cccc5ccccc45)c4cccc5oc6c7ccccc7c(-c7cccc8ccccc78)cc6c45)c3)cc2)cc1. The van der Waals surface area contributed by atoms with Gasteiger partial charge in [-0.05, 0) is 91.3 Å². The fourth-order valence-electron chi connectivity index (χ4n) is 8.62. The molecule has 0 spiro atoms. The molecule has 0 amide bonds. The number of furan rings is 1. The number of benzene rings is 10. The Morgan fingerprint density at radius 2 is 0.875 bits per heavy atom. The van der Waals surface area contributed by atoms with Crippen LogP contribution in [-0.4, -0.2) is 0 Å². The highest BCUT2D eigenvalue weighted by molar-refractivity contribution is 6.24. The highest BCUT2D eigenvalue weighted by Gasteiger charge is 2.23. The topological polar surface area (TPSA) is 16.4 Å². The molecule has 0 aliphatic heterocycles. The summed E-state index contributed by atoms with van der Waals surface area (Å²) in [6.07, 6.45) is 0. The molecule has 2 heteroatoms. The average Bonchev–Trinajstić information content (AvgIpc) is 3.66. The maximum Gasteiger partial charge on any atom is 0.143 e. The summed E-state index contributed by atoms with van der Waals surface area (Å²) >= 11 is 0. The molecule has 0 saturated carbocycles. The lowest BCUT2D eigenvalue weighted by atomic mass is 9.92. The molecule has 1 heterocycles. The van der Waals surface area contributed by atoms with E-state index in [0.29, 0.717) is 0 Å². The molecule has 2 nitrogen and oxygen atoms in total. The van der Waals surface area contributed by atoms with Crippen molar-refractivity contribution >= 4 is 71.3 Å². The van der Waals surface area contributed by atoms with Gasteiger partial charge in [-0.3, -0.25) is 0 Å². The molecular formula is C54H35NO. The van der Waals surface area contributed by atoms with E-state index in [9.17, 15) is 0 Å². The first-order valence-corrected chi connectivity index (χ1v) is 19.2. The number of hydrogen-bond donors (Lipinski definition) is 0. The zero-order valence-corrected chi connectivity index (χ0v) is 30.6. The Balaban J connectivity index is 1.17. The van der Waals surface area contributed by atoms with Crippen LogP contribution in [0.4, 0.5) is 17.1 Å². The molecule has 0 aliphatic rings. The second-order valence-corrected chi connectivity index (χ2v) is 14.5. The van der Waals surface area contributed by atoms with Crippen molar-refractivity contribution in [1.82, 2.24) is 0 Å². The first kappa shape index (κ1) is 32.0. The molecular weight excluding hydrogens is 679 g/mol. The van der Waals surface area contributed by atoms with Crippen LogP contribution in [0.25, 0.3) is 87.6 Å². The number of nitrogens with zero attached hydrogens (tertiary/aromatic N) is 1. The van der Waals surface area contributed by atoms with Crippen LogP contribution in [0.5, 0.6) is 0 Å². The van der Waals surface area contributed by atoms with Gasteiger partial charge in [-0.15, -0.1) is 0 Å². The summed E-state index contributed by atoms with van der Waals surface area (Å²) in [5, 5.41) is 9.29. The second-order valence-electron chi connectivity index (χ2n) is 14.5. The van der Waals surface area contributed by atoms with Gasteiger partial charge in [0.25, 0.3) is 0 Å². The average molecular weight is 714 g/mol. The first-order valence-electron chi connectivity index (χ1n) is 19.2. The van der Waals surface area contributed by atoms with Gasteiger partial charge < -0.3 is 9.32 Å². The molecule has 1 aromatic heterocycles. The van der Waals surface area contributed by atoms with Crippen molar-refractivity contribution in [2.45, 2.75) is 0 Å². The Hall–Kier alpha value is -7.42. The summed E-state index contributed by atoms with van der Waals surface area (Å²) in [4.78, 5) is 2.42. The van der Waals surface area contributed by atoms with Crippen LogP contribution in [0.15, 0.2) is 217 Å². The minimum atomic E-state index is 0.857. The van der Waals surface area contributed by atoms with E-state index < -0.39 is 0 Å². The molecule has 262 valence electrons. The van der Waals surface area contributed by atoms with Crippen LogP contribution in [0.3, 0.4) is 0 Å². The van der Waals surface area contributed by atoms with E-state index in [4.69, 9.17) is 4.42 Å². The molecule has 56 heavy (non-hydrogen) atoms. The van der Waals surface area contributed by atoms with Gasteiger partial charge in [0.05, 0.1) is 16.8 Å². The van der Waals surface area contributed by atoms with Gasteiger partial charge in [0.2, 0.25) is 0 Å². The third-order valence-electron chi connectivity index (χ3n) is 11.2. The summed E-state index contributed by atoms with van der Waals surface area (Å²) in [5.41, 5.74) is 12.2. The fourth-order valence-corrected chi connectivity index (χ4v) is 8.62. The predicted octanol–water partition coefficient (Wildman–Crippen LogP) is 15.5. The normalized spacial score (nSPS) is 11.6. The maximum atomic E-state index is 6.91. The molecule has 0 N–H and O–H groups in total. The molecule has 11 aromatic rings. The van der Waals surface area contributed by atoms with Crippen LogP contribution in [0.2, 0.25) is 0 Å². The lowest BCUT2D eigenvalue weighted by molar-refractivity contribution is 0.672. The highest BCUT2D eigenvalue weighted by Crippen LogP contribution is 2.48. The van der Waals surface area contributed by atoms with Crippen molar-refractivity contribution in [1.29, 1.82) is 0 Å². The number of fused-ring (bicyclic) bond motifs is 7. The third kappa shape index (κ3) is 5.26. The summed E-state index contributed by atoms with van der Waals surface area (Å²) in [6.45, 7) is 0. The summed E-state index contributed by atoms with van der Waals surface area (Å²) in [6, 6.07) is 76.4. The van der Waals surface area contributed by atoms with Crippen molar-refractivity contribution < 1.29 is 4.42 Å². The fraction of sp³-hybridized carbons (Fsp3) is 0. The van der Waals surface area contributed by atoms with E-state index in [1.165, 1.54) is 54.7 Å². The van der Waals surface area contributed by atoms with Crippen LogP contribution in [0.1, 0.15) is 0 Å². The maximum absolute atomic E-state index is 6.91. The molecule has 0 saturated heterocycles. The van der Waals surface area contributed by atoms with Gasteiger partial charge in [0.15, 0.2) is 0 Å². The molecule has 0 bridgehead atoms. The van der Waals surface area contributed by atoms with E-state index in [-0.39, 0.29) is 0 Å². The van der Waals surface area contributed by atoms with Gasteiger partial charge >= 0.3 is 0 Å². The zero-order chi connectivity index (χ0) is 37.0. The van der Waals surface area contributed by atoms with Gasteiger partial charge in [0.1, 0.15) is 11.2 Å². The van der Waals surface area contributed by atoms with E-state index in [1.54, 1.807) is 0 Å². The lowest BCUT2D eigenvalue weighted by Crippen LogP contribution is -2.11. The van der Waals surface area contributed by atoms with E-state index in [1.807, 2.05) is 0 Å². The van der Waals surface area contributed by atoms with Gasteiger partial charge in [-0.2, -0.15) is 0 Å². The Morgan fingerprint density at radius 3 is 1.68 bits per heavy atom. The Morgan fingerprint density at radius 1 is 0.321 bits per heavy atom. The number of hydrogen-bond acceptors (Lipinski definition) is 2. The predicted molar refractivity (Wildman–Crippen MR) is 237 cm³/mol. The first-order chi connectivity index (χ1) is 27.8. The minimum Gasteiger partial charge on any atom is -0.455 e. The quantitative estimate of drug-likeness (QED) is 0.171. The smallest absolute Gasteiger partial charge is 0.143 e. The van der Waals surface area contributed by atoms with Gasteiger partial charge in [-0.1, -0.05) is 176 Å². The highest BCUT2D eigenvalue weighted by atomic mass is 16.3. The molecule has 0 atom stereocenters. The summed E-state index contributed by atoms with van der Waals surface area (Å²) in [7, 11) is 0. The molecule has 0 unspecified atom stereocenters. The zero-order valence-electron chi connectivity index (χ0n) is 30.6. The van der Waals surface area contributed by atoms with Crippen LogP contribution in [0, 0.1) is 0 Å². The van der Waals surface area contributed by atoms with Crippen molar-refractivity contribution in [3.05, 3.63) is 212 Å². The van der Waals surface area contributed by atoms with E-state index >= 15 is 0 Å². The molecule has 10 aromatic carbocycles. The van der Waals surface area contributed by atoms with Crippen molar-refractivity contribution in [2.24, 2.45) is 0 Å². The Bertz CT molecular complexity index is 3240. The van der Waals surface area contributed by atoms with E-state index in [2.05, 4.69) is 217 Å².